The maximum atomic E-state index is 12.2. The molecule has 2 atom stereocenters. The number of carbonyl (C=O) groups is 2. The highest BCUT2D eigenvalue weighted by Crippen LogP contribution is 2.25. The van der Waals surface area contributed by atoms with Crippen LogP contribution in [0.1, 0.15) is 43.1 Å². The second kappa shape index (κ2) is 6.76. The molecule has 0 aromatic carbocycles. The summed E-state index contributed by atoms with van der Waals surface area (Å²) in [6, 6.07) is 1.75. The lowest BCUT2D eigenvalue weighted by molar-refractivity contribution is -0.120. The average Bonchev–Trinajstić information content (AvgIpc) is 2.80. The van der Waals surface area contributed by atoms with E-state index in [1.165, 1.54) is 0 Å². The number of hydrogen-bond acceptors (Lipinski definition) is 4. The summed E-state index contributed by atoms with van der Waals surface area (Å²) in [5.74, 6) is -0.452. The average molecular weight is 293 g/mol. The van der Waals surface area contributed by atoms with Crippen LogP contribution in [0.2, 0.25) is 0 Å². The summed E-state index contributed by atoms with van der Waals surface area (Å²) in [4.78, 5) is 24.0. The van der Waals surface area contributed by atoms with E-state index in [0.717, 1.165) is 25.7 Å². The molecule has 6 heteroatoms. The minimum Gasteiger partial charge on any atom is -0.461 e. The fraction of sp³-hybridized carbons (Fsp3) is 0.600. The van der Waals surface area contributed by atoms with Crippen LogP contribution in [0.15, 0.2) is 12.3 Å². The zero-order valence-electron chi connectivity index (χ0n) is 12.6. The fourth-order valence-electron chi connectivity index (χ4n) is 2.75. The van der Waals surface area contributed by atoms with E-state index in [9.17, 15) is 9.59 Å². The SMILES string of the molecule is CCOC(=O)c1cc(NC(=O)C2CCCC(N)C2)cn1C. The van der Waals surface area contributed by atoms with Crippen LogP contribution in [-0.2, 0) is 16.6 Å². The van der Waals surface area contributed by atoms with E-state index < -0.39 is 0 Å². The summed E-state index contributed by atoms with van der Waals surface area (Å²) in [5, 5.41) is 2.87. The van der Waals surface area contributed by atoms with Crippen LogP contribution in [0.4, 0.5) is 5.69 Å². The summed E-state index contributed by atoms with van der Waals surface area (Å²) in [7, 11) is 1.75. The number of hydrogen-bond donors (Lipinski definition) is 2. The monoisotopic (exact) mass is 293 g/mol. The maximum Gasteiger partial charge on any atom is 0.355 e. The lowest BCUT2D eigenvalue weighted by Crippen LogP contribution is -2.34. The summed E-state index contributed by atoms with van der Waals surface area (Å²) in [5.41, 5.74) is 6.95. The first-order chi connectivity index (χ1) is 10.0. The Balaban J connectivity index is 2.01. The third-order valence-electron chi connectivity index (χ3n) is 3.84. The Bertz CT molecular complexity index is 524. The van der Waals surface area contributed by atoms with Crippen molar-refractivity contribution in [3.05, 3.63) is 18.0 Å². The first kappa shape index (κ1) is 15.6. The molecular formula is C15H23N3O3. The molecule has 0 saturated heterocycles. The van der Waals surface area contributed by atoms with Crippen molar-refractivity contribution in [2.24, 2.45) is 18.7 Å². The van der Waals surface area contributed by atoms with Gasteiger partial charge in [0.25, 0.3) is 0 Å². The smallest absolute Gasteiger partial charge is 0.355 e. The molecule has 1 aromatic heterocycles. The normalized spacial score (nSPS) is 21.9. The summed E-state index contributed by atoms with van der Waals surface area (Å²) < 4.78 is 6.62. The van der Waals surface area contributed by atoms with Crippen molar-refractivity contribution in [1.29, 1.82) is 0 Å². The van der Waals surface area contributed by atoms with E-state index >= 15 is 0 Å². The standard InChI is InChI=1S/C15H23N3O3/c1-3-21-15(20)13-8-12(9-18(13)2)17-14(19)10-5-4-6-11(16)7-10/h8-11H,3-7,16H2,1-2H3,(H,17,19). The number of carbonyl (C=O) groups excluding carboxylic acids is 2. The Kier molecular flexibility index (Phi) is 5.01. The Morgan fingerprint density at radius 1 is 1.48 bits per heavy atom. The number of nitrogens with one attached hydrogen (secondary N) is 1. The fourth-order valence-corrected chi connectivity index (χ4v) is 2.75. The van der Waals surface area contributed by atoms with E-state index in [1.54, 1.807) is 30.8 Å². The minimum absolute atomic E-state index is 0.0221. The number of ether oxygens (including phenoxy) is 1. The molecule has 1 aliphatic rings. The Labute approximate surface area is 124 Å². The zero-order valence-corrected chi connectivity index (χ0v) is 12.6. The first-order valence-corrected chi connectivity index (χ1v) is 7.41. The lowest BCUT2D eigenvalue weighted by Gasteiger charge is -2.25. The van der Waals surface area contributed by atoms with Gasteiger partial charge in [-0.3, -0.25) is 4.79 Å². The van der Waals surface area contributed by atoms with Crippen molar-refractivity contribution in [1.82, 2.24) is 4.57 Å². The second-order valence-electron chi connectivity index (χ2n) is 5.56. The number of nitrogens with zero attached hydrogens (tertiary/aromatic N) is 1. The number of rotatable bonds is 4. The van der Waals surface area contributed by atoms with Gasteiger partial charge in [0.2, 0.25) is 5.91 Å². The molecule has 116 valence electrons. The van der Waals surface area contributed by atoms with Crippen molar-refractivity contribution in [2.45, 2.75) is 38.6 Å². The predicted octanol–water partition coefficient (Wildman–Crippen LogP) is 1.66. The van der Waals surface area contributed by atoms with Gasteiger partial charge in [0, 0.05) is 25.2 Å². The van der Waals surface area contributed by atoms with Gasteiger partial charge in [-0.05, 0) is 32.3 Å². The molecule has 1 fully saturated rings. The Hall–Kier alpha value is -1.82. The van der Waals surface area contributed by atoms with Gasteiger partial charge in [0.15, 0.2) is 0 Å². The molecule has 21 heavy (non-hydrogen) atoms. The van der Waals surface area contributed by atoms with Crippen LogP contribution in [-0.4, -0.2) is 29.1 Å². The van der Waals surface area contributed by atoms with Crippen molar-refractivity contribution < 1.29 is 14.3 Å². The number of anilines is 1. The van der Waals surface area contributed by atoms with Crippen LogP contribution < -0.4 is 11.1 Å². The van der Waals surface area contributed by atoms with Gasteiger partial charge in [-0.2, -0.15) is 0 Å². The van der Waals surface area contributed by atoms with Gasteiger partial charge < -0.3 is 20.4 Å². The molecule has 6 nitrogen and oxygen atoms in total. The summed E-state index contributed by atoms with van der Waals surface area (Å²) >= 11 is 0. The number of esters is 1. The molecule has 0 spiro atoms. The third kappa shape index (κ3) is 3.85. The quantitative estimate of drug-likeness (QED) is 0.827. The Morgan fingerprint density at radius 2 is 2.24 bits per heavy atom. The van der Waals surface area contributed by atoms with Crippen LogP contribution >= 0.6 is 0 Å². The topological polar surface area (TPSA) is 86.3 Å². The van der Waals surface area contributed by atoms with E-state index in [2.05, 4.69) is 5.32 Å². The van der Waals surface area contributed by atoms with Gasteiger partial charge in [-0.15, -0.1) is 0 Å². The predicted molar refractivity (Wildman–Crippen MR) is 79.9 cm³/mol. The summed E-state index contributed by atoms with van der Waals surface area (Å²) in [6.07, 6.45) is 5.29. The highest BCUT2D eigenvalue weighted by molar-refractivity contribution is 5.95. The molecule has 0 bridgehead atoms. The van der Waals surface area contributed by atoms with Crippen LogP contribution in [0.5, 0.6) is 0 Å². The summed E-state index contributed by atoms with van der Waals surface area (Å²) in [6.45, 7) is 2.08. The van der Waals surface area contributed by atoms with Crippen molar-refractivity contribution in [3.8, 4) is 0 Å². The molecule has 1 amide bonds. The maximum absolute atomic E-state index is 12.2. The Morgan fingerprint density at radius 3 is 2.90 bits per heavy atom. The van der Waals surface area contributed by atoms with E-state index in [-0.39, 0.29) is 23.8 Å². The number of nitrogens with two attached hydrogens (primary N) is 1. The van der Waals surface area contributed by atoms with Crippen molar-refractivity contribution in [3.63, 3.8) is 0 Å². The van der Waals surface area contributed by atoms with Crippen LogP contribution in [0.25, 0.3) is 0 Å². The molecule has 2 rings (SSSR count). The minimum atomic E-state index is -0.389. The highest BCUT2D eigenvalue weighted by Gasteiger charge is 2.26. The molecule has 1 aromatic rings. The van der Waals surface area contributed by atoms with Gasteiger partial charge in [-0.25, -0.2) is 4.79 Å². The molecule has 0 radical (unpaired) electrons. The third-order valence-corrected chi connectivity index (χ3v) is 3.84. The molecule has 0 aliphatic heterocycles. The molecule has 3 N–H and O–H groups in total. The van der Waals surface area contributed by atoms with Crippen molar-refractivity contribution in [2.75, 3.05) is 11.9 Å². The first-order valence-electron chi connectivity index (χ1n) is 7.41. The van der Waals surface area contributed by atoms with E-state index in [1.807, 2.05) is 0 Å². The molecular weight excluding hydrogens is 270 g/mol. The van der Waals surface area contributed by atoms with Crippen LogP contribution in [0.3, 0.4) is 0 Å². The second-order valence-corrected chi connectivity index (χ2v) is 5.56. The largest absolute Gasteiger partial charge is 0.461 e. The molecule has 2 unspecified atom stereocenters. The van der Waals surface area contributed by atoms with Gasteiger partial charge >= 0.3 is 5.97 Å². The van der Waals surface area contributed by atoms with Crippen molar-refractivity contribution >= 4 is 17.6 Å². The zero-order chi connectivity index (χ0) is 15.4. The molecule has 1 heterocycles. The van der Waals surface area contributed by atoms with Gasteiger partial charge in [0.05, 0.1) is 12.3 Å². The van der Waals surface area contributed by atoms with E-state index in [4.69, 9.17) is 10.5 Å². The van der Waals surface area contributed by atoms with Crippen LogP contribution in [0, 0.1) is 5.92 Å². The van der Waals surface area contributed by atoms with E-state index in [0.29, 0.717) is 18.0 Å². The van der Waals surface area contributed by atoms with Gasteiger partial charge in [0.1, 0.15) is 5.69 Å². The highest BCUT2D eigenvalue weighted by atomic mass is 16.5. The van der Waals surface area contributed by atoms with Gasteiger partial charge in [-0.1, -0.05) is 6.42 Å². The number of aryl methyl sites for hydroxylation is 1. The number of aromatic nitrogens is 1. The molecule has 1 aliphatic carbocycles. The molecule has 1 saturated carbocycles. The lowest BCUT2D eigenvalue weighted by atomic mass is 9.85. The number of amides is 1.